The summed E-state index contributed by atoms with van der Waals surface area (Å²) in [6.07, 6.45) is 5.49. The number of ether oxygens (including phenoxy) is 1. The van der Waals surface area contributed by atoms with E-state index in [1.165, 1.54) is 6.33 Å². The molecule has 1 saturated carbocycles. The molecule has 0 unspecified atom stereocenters. The number of carbonyl (C=O) groups is 1. The summed E-state index contributed by atoms with van der Waals surface area (Å²) in [6, 6.07) is 7.14. The van der Waals surface area contributed by atoms with Crippen molar-refractivity contribution in [3.63, 3.8) is 0 Å². The van der Waals surface area contributed by atoms with Crippen molar-refractivity contribution in [2.45, 2.75) is 38.8 Å². The molecule has 0 atom stereocenters. The van der Waals surface area contributed by atoms with Gasteiger partial charge in [-0.3, -0.25) is 9.88 Å². The van der Waals surface area contributed by atoms with E-state index in [2.05, 4.69) is 25.8 Å². The van der Waals surface area contributed by atoms with Crippen molar-refractivity contribution in [2.75, 3.05) is 5.32 Å². The highest BCUT2D eigenvalue weighted by Crippen LogP contribution is 2.40. The largest absolute Gasteiger partial charge is 0.438 e. The van der Waals surface area contributed by atoms with Crippen molar-refractivity contribution in [1.29, 1.82) is 0 Å². The average Bonchev–Trinajstić information content (AvgIpc) is 3.17. The third kappa shape index (κ3) is 3.14. The molecule has 3 aromatic heterocycles. The van der Waals surface area contributed by atoms with Crippen LogP contribution in [0, 0.1) is 6.92 Å². The molecule has 156 valence electrons. The number of anilines is 1. The molecule has 4 heterocycles. The van der Waals surface area contributed by atoms with E-state index in [-0.39, 0.29) is 6.03 Å². The maximum Gasteiger partial charge on any atom is 0.331 e. The van der Waals surface area contributed by atoms with Crippen molar-refractivity contribution < 1.29 is 14.1 Å². The number of nitrogens with zero attached hydrogens (tertiary/aromatic N) is 4. The topological polar surface area (TPSA) is 107 Å². The van der Waals surface area contributed by atoms with Gasteiger partial charge < -0.3 is 14.6 Å². The summed E-state index contributed by atoms with van der Waals surface area (Å²) in [5, 5.41) is 11.0. The second kappa shape index (κ2) is 6.92. The van der Waals surface area contributed by atoms with Crippen LogP contribution in [0.5, 0.6) is 11.6 Å². The fraction of sp³-hybridized carbons (Fsp3) is 0.273. The van der Waals surface area contributed by atoms with Crippen molar-refractivity contribution in [2.24, 2.45) is 0 Å². The van der Waals surface area contributed by atoms with Crippen molar-refractivity contribution in [3.8, 4) is 11.6 Å². The Kier molecular flexibility index (Phi) is 4.03. The van der Waals surface area contributed by atoms with Crippen LogP contribution in [0.3, 0.4) is 0 Å². The molecule has 9 nitrogen and oxygen atoms in total. The zero-order valence-corrected chi connectivity index (χ0v) is 16.9. The Morgan fingerprint density at radius 2 is 2.16 bits per heavy atom. The van der Waals surface area contributed by atoms with Gasteiger partial charge in [-0.05, 0) is 38.0 Å². The second-order valence-electron chi connectivity index (χ2n) is 7.94. The zero-order valence-electron chi connectivity index (χ0n) is 16.9. The molecular weight excluding hydrogens is 396 g/mol. The second-order valence-corrected chi connectivity index (χ2v) is 7.94. The Morgan fingerprint density at radius 3 is 3.03 bits per heavy atom. The molecule has 4 aromatic rings. The number of hydrogen-bond donors (Lipinski definition) is 2. The van der Waals surface area contributed by atoms with Crippen LogP contribution in [0.15, 0.2) is 41.3 Å². The Bertz CT molecular complexity index is 1320. The van der Waals surface area contributed by atoms with Gasteiger partial charge in [0.15, 0.2) is 5.82 Å². The summed E-state index contributed by atoms with van der Waals surface area (Å²) in [6.45, 7) is 3.38. The summed E-state index contributed by atoms with van der Waals surface area (Å²) in [5.41, 5.74) is 3.66. The standard InChI is InChI=1S/C22H20N6O3/c1-12-14-6-7-28(22(29)26-20-8-19(31-27-20)13-2-3-13)17(14)4-5-18(12)30-21-15-9-23-10-16(15)24-11-25-21/h4-8,11,13,23H,2-3,9-10H2,1H3,(H,26,27,29). The number of hydrogen-bond acceptors (Lipinski definition) is 7. The molecule has 2 N–H and O–H groups in total. The minimum absolute atomic E-state index is 0.293. The first kappa shape index (κ1) is 18.1. The van der Waals surface area contributed by atoms with Crippen LogP contribution in [0.1, 0.15) is 41.3 Å². The number of amides is 1. The number of aromatic nitrogens is 4. The van der Waals surface area contributed by atoms with E-state index in [0.717, 1.165) is 52.9 Å². The van der Waals surface area contributed by atoms with E-state index in [9.17, 15) is 4.79 Å². The first-order valence-electron chi connectivity index (χ1n) is 10.3. The minimum Gasteiger partial charge on any atom is -0.438 e. The number of nitrogens with one attached hydrogen (secondary N) is 2. The summed E-state index contributed by atoms with van der Waals surface area (Å²) in [4.78, 5) is 21.4. The van der Waals surface area contributed by atoms with E-state index in [1.807, 2.05) is 25.1 Å². The fourth-order valence-corrected chi connectivity index (χ4v) is 3.97. The maximum absolute atomic E-state index is 12.8. The lowest BCUT2D eigenvalue weighted by Gasteiger charge is -2.12. The smallest absolute Gasteiger partial charge is 0.331 e. The molecule has 1 aliphatic heterocycles. The van der Waals surface area contributed by atoms with Crippen LogP contribution >= 0.6 is 0 Å². The van der Waals surface area contributed by atoms with Gasteiger partial charge in [0.2, 0.25) is 5.88 Å². The molecule has 1 amide bonds. The third-order valence-corrected chi connectivity index (χ3v) is 5.85. The molecule has 0 spiro atoms. The highest BCUT2D eigenvalue weighted by Gasteiger charge is 2.28. The van der Waals surface area contributed by atoms with Gasteiger partial charge in [-0.25, -0.2) is 14.8 Å². The van der Waals surface area contributed by atoms with Crippen molar-refractivity contribution in [1.82, 2.24) is 25.0 Å². The van der Waals surface area contributed by atoms with E-state index in [4.69, 9.17) is 9.26 Å². The summed E-state index contributed by atoms with van der Waals surface area (Å²) in [7, 11) is 0. The summed E-state index contributed by atoms with van der Waals surface area (Å²) >= 11 is 0. The quantitative estimate of drug-likeness (QED) is 0.516. The molecule has 2 aliphatic rings. The summed E-state index contributed by atoms with van der Waals surface area (Å²) < 4.78 is 13.0. The third-order valence-electron chi connectivity index (χ3n) is 5.85. The molecule has 31 heavy (non-hydrogen) atoms. The van der Waals surface area contributed by atoms with E-state index in [0.29, 0.717) is 29.9 Å². The molecule has 0 bridgehead atoms. The first-order valence-corrected chi connectivity index (χ1v) is 10.3. The van der Waals surface area contributed by atoms with Crippen LogP contribution in [0.2, 0.25) is 0 Å². The van der Waals surface area contributed by atoms with Crippen LogP contribution in [-0.2, 0) is 13.1 Å². The normalized spacial score (nSPS) is 15.3. The predicted octanol–water partition coefficient (Wildman–Crippen LogP) is 4.08. The Balaban J connectivity index is 1.27. The van der Waals surface area contributed by atoms with Gasteiger partial charge in [-0.1, -0.05) is 5.16 Å². The predicted molar refractivity (Wildman–Crippen MR) is 112 cm³/mol. The molecule has 0 saturated heterocycles. The molecule has 1 aliphatic carbocycles. The van der Waals surface area contributed by atoms with Crippen molar-refractivity contribution >= 4 is 22.8 Å². The lowest BCUT2D eigenvalue weighted by atomic mass is 10.1. The zero-order chi connectivity index (χ0) is 20.9. The average molecular weight is 416 g/mol. The maximum atomic E-state index is 12.8. The molecule has 1 aromatic carbocycles. The number of rotatable bonds is 4. The van der Waals surface area contributed by atoms with Gasteiger partial charge in [0.05, 0.1) is 16.8 Å². The van der Waals surface area contributed by atoms with E-state index in [1.54, 1.807) is 16.8 Å². The highest BCUT2D eigenvalue weighted by molar-refractivity contribution is 5.99. The molecule has 9 heteroatoms. The van der Waals surface area contributed by atoms with E-state index < -0.39 is 0 Å². The summed E-state index contributed by atoms with van der Waals surface area (Å²) in [5.74, 6) is 2.96. The minimum atomic E-state index is -0.293. The van der Waals surface area contributed by atoms with Gasteiger partial charge in [-0.15, -0.1) is 0 Å². The van der Waals surface area contributed by atoms with Crippen LogP contribution in [-0.4, -0.2) is 25.7 Å². The Morgan fingerprint density at radius 1 is 1.26 bits per heavy atom. The van der Waals surface area contributed by atoms with Crippen molar-refractivity contribution in [3.05, 3.63) is 59.4 Å². The monoisotopic (exact) mass is 416 g/mol. The van der Waals surface area contributed by atoms with Gasteiger partial charge in [0.25, 0.3) is 0 Å². The number of carbonyl (C=O) groups excluding carboxylic acids is 1. The number of benzene rings is 1. The van der Waals surface area contributed by atoms with Gasteiger partial charge in [-0.2, -0.15) is 0 Å². The molecule has 6 rings (SSSR count). The van der Waals surface area contributed by atoms with Crippen LogP contribution in [0.4, 0.5) is 10.6 Å². The van der Waals surface area contributed by atoms with Gasteiger partial charge in [0, 0.05) is 42.2 Å². The molecule has 0 radical (unpaired) electrons. The van der Waals surface area contributed by atoms with Crippen LogP contribution < -0.4 is 15.4 Å². The van der Waals surface area contributed by atoms with Crippen LogP contribution in [0.25, 0.3) is 10.9 Å². The van der Waals surface area contributed by atoms with Gasteiger partial charge in [0.1, 0.15) is 17.8 Å². The SMILES string of the molecule is Cc1c(Oc2ncnc3c2CNC3)ccc2c1ccn2C(=O)Nc1cc(C2CC2)on1. The lowest BCUT2D eigenvalue weighted by Crippen LogP contribution is -2.18. The highest BCUT2D eigenvalue weighted by atomic mass is 16.5. The first-order chi connectivity index (χ1) is 15.2. The Labute approximate surface area is 177 Å². The lowest BCUT2D eigenvalue weighted by molar-refractivity contribution is 0.254. The molecular formula is C22H20N6O3. The van der Waals surface area contributed by atoms with Gasteiger partial charge >= 0.3 is 6.03 Å². The molecule has 1 fully saturated rings. The Hall–Kier alpha value is -3.72. The number of fused-ring (bicyclic) bond motifs is 2. The fourth-order valence-electron chi connectivity index (χ4n) is 3.97. The number of aryl methyl sites for hydroxylation is 1. The van der Waals surface area contributed by atoms with E-state index >= 15 is 0 Å².